The lowest BCUT2D eigenvalue weighted by Gasteiger charge is -2.07. The zero-order valence-corrected chi connectivity index (χ0v) is 12.0. The highest BCUT2D eigenvalue weighted by molar-refractivity contribution is 5.76. The van der Waals surface area contributed by atoms with Crippen LogP contribution >= 0.6 is 0 Å². The van der Waals surface area contributed by atoms with E-state index < -0.39 is 0 Å². The number of ether oxygens (including phenoxy) is 2. The molecular weight excluding hydrogens is 285 g/mol. The average Bonchev–Trinajstić information content (AvgIpc) is 2.99. The van der Waals surface area contributed by atoms with Crippen molar-refractivity contribution in [3.8, 4) is 11.5 Å². The Kier molecular flexibility index (Phi) is 4.23. The molecule has 114 valence electrons. The topological polar surface area (TPSA) is 47.6 Å². The first-order valence-electron chi connectivity index (χ1n) is 7.11. The summed E-state index contributed by atoms with van der Waals surface area (Å²) >= 11 is 0. The molecule has 1 heterocycles. The molecule has 0 fully saturated rings. The van der Waals surface area contributed by atoms with Gasteiger partial charge in [0, 0.05) is 18.5 Å². The minimum atomic E-state index is -0.307. The van der Waals surface area contributed by atoms with Gasteiger partial charge in [0.2, 0.25) is 12.7 Å². The van der Waals surface area contributed by atoms with Crippen molar-refractivity contribution in [2.75, 3.05) is 6.79 Å². The van der Waals surface area contributed by atoms with Crippen molar-refractivity contribution < 1.29 is 18.7 Å². The van der Waals surface area contributed by atoms with E-state index in [1.54, 1.807) is 18.2 Å². The molecule has 22 heavy (non-hydrogen) atoms. The van der Waals surface area contributed by atoms with Gasteiger partial charge in [0.15, 0.2) is 11.5 Å². The van der Waals surface area contributed by atoms with Crippen molar-refractivity contribution in [1.29, 1.82) is 0 Å². The fourth-order valence-electron chi connectivity index (χ4n) is 2.28. The molecular formula is C17H16FNO3. The summed E-state index contributed by atoms with van der Waals surface area (Å²) in [6.07, 6.45) is 0.938. The molecule has 0 aliphatic carbocycles. The van der Waals surface area contributed by atoms with Crippen molar-refractivity contribution >= 4 is 5.91 Å². The van der Waals surface area contributed by atoms with Gasteiger partial charge in [-0.2, -0.15) is 0 Å². The quantitative estimate of drug-likeness (QED) is 0.924. The Hall–Kier alpha value is -2.56. The second-order valence-corrected chi connectivity index (χ2v) is 5.06. The summed E-state index contributed by atoms with van der Waals surface area (Å²) in [7, 11) is 0. The molecule has 2 aromatic rings. The lowest BCUT2D eigenvalue weighted by molar-refractivity contribution is -0.121. The maximum absolute atomic E-state index is 13.4. The van der Waals surface area contributed by atoms with Gasteiger partial charge in [-0.25, -0.2) is 4.39 Å². The van der Waals surface area contributed by atoms with Crippen LogP contribution in [0.1, 0.15) is 17.5 Å². The number of carbonyl (C=O) groups is 1. The first-order chi connectivity index (χ1) is 10.7. The molecule has 4 nitrogen and oxygen atoms in total. The molecule has 0 unspecified atom stereocenters. The molecule has 0 radical (unpaired) electrons. The van der Waals surface area contributed by atoms with Gasteiger partial charge in [-0.3, -0.25) is 4.79 Å². The van der Waals surface area contributed by atoms with Crippen molar-refractivity contribution in [1.82, 2.24) is 5.32 Å². The Balaban J connectivity index is 1.49. The van der Waals surface area contributed by atoms with Crippen LogP contribution in [0.25, 0.3) is 0 Å². The summed E-state index contributed by atoms with van der Waals surface area (Å²) in [6, 6.07) is 12.1. The van der Waals surface area contributed by atoms with Crippen molar-refractivity contribution in [2.45, 2.75) is 19.4 Å². The number of rotatable bonds is 5. The zero-order valence-electron chi connectivity index (χ0n) is 12.0. The molecule has 0 aromatic heterocycles. The van der Waals surface area contributed by atoms with Crippen LogP contribution in [0.5, 0.6) is 11.5 Å². The van der Waals surface area contributed by atoms with Crippen LogP contribution in [0.3, 0.4) is 0 Å². The van der Waals surface area contributed by atoms with Gasteiger partial charge in [0.25, 0.3) is 0 Å². The predicted octanol–water partition coefficient (Wildman–Crippen LogP) is 2.80. The summed E-state index contributed by atoms with van der Waals surface area (Å²) in [5.74, 6) is 1.02. The third-order valence-electron chi connectivity index (χ3n) is 3.51. The molecule has 1 aliphatic rings. The Morgan fingerprint density at radius 1 is 1.14 bits per heavy atom. The third-order valence-corrected chi connectivity index (χ3v) is 3.51. The van der Waals surface area contributed by atoms with Gasteiger partial charge in [-0.15, -0.1) is 0 Å². The van der Waals surface area contributed by atoms with E-state index in [1.807, 2.05) is 18.2 Å². The molecule has 1 aliphatic heterocycles. The van der Waals surface area contributed by atoms with Gasteiger partial charge >= 0.3 is 0 Å². The van der Waals surface area contributed by atoms with Gasteiger partial charge in [-0.1, -0.05) is 24.3 Å². The molecule has 0 saturated carbocycles. The highest BCUT2D eigenvalue weighted by Crippen LogP contribution is 2.32. The Morgan fingerprint density at radius 3 is 2.82 bits per heavy atom. The number of halogens is 1. The normalized spacial score (nSPS) is 12.2. The summed E-state index contributed by atoms with van der Waals surface area (Å²) < 4.78 is 24.0. The molecule has 0 saturated heterocycles. The smallest absolute Gasteiger partial charge is 0.231 e. The van der Waals surface area contributed by atoms with Crippen LogP contribution in [0.2, 0.25) is 0 Å². The molecule has 3 rings (SSSR count). The van der Waals surface area contributed by atoms with Crippen LogP contribution in [-0.4, -0.2) is 12.7 Å². The van der Waals surface area contributed by atoms with Gasteiger partial charge in [-0.05, 0) is 30.2 Å². The summed E-state index contributed by atoms with van der Waals surface area (Å²) in [6.45, 7) is 0.439. The molecule has 5 heteroatoms. The van der Waals surface area contributed by atoms with Crippen molar-refractivity contribution in [2.24, 2.45) is 0 Å². The van der Waals surface area contributed by atoms with E-state index in [0.717, 1.165) is 11.3 Å². The molecule has 2 aromatic carbocycles. The second-order valence-electron chi connectivity index (χ2n) is 5.06. The SMILES string of the molecule is O=C(CCc1ccc2c(c1)OCO2)NCc1ccccc1F. The highest BCUT2D eigenvalue weighted by atomic mass is 19.1. The minimum Gasteiger partial charge on any atom is -0.454 e. The molecule has 1 N–H and O–H groups in total. The number of nitrogens with one attached hydrogen (secondary N) is 1. The first-order valence-corrected chi connectivity index (χ1v) is 7.11. The second kappa shape index (κ2) is 6.47. The predicted molar refractivity (Wildman–Crippen MR) is 79.1 cm³/mol. The van der Waals surface area contributed by atoms with Gasteiger partial charge in [0.05, 0.1) is 0 Å². The Labute approximate surface area is 127 Å². The number of aryl methyl sites for hydroxylation is 1. The zero-order chi connectivity index (χ0) is 15.4. The number of benzene rings is 2. The Bertz CT molecular complexity index is 687. The Morgan fingerprint density at radius 2 is 1.95 bits per heavy atom. The third kappa shape index (κ3) is 3.36. The van der Waals surface area contributed by atoms with E-state index in [2.05, 4.69) is 5.32 Å². The van der Waals surface area contributed by atoms with Crippen molar-refractivity contribution in [3.05, 3.63) is 59.4 Å². The van der Waals surface area contributed by atoms with Crippen molar-refractivity contribution in [3.63, 3.8) is 0 Å². The van der Waals surface area contributed by atoms with Crippen LogP contribution < -0.4 is 14.8 Å². The van der Waals surface area contributed by atoms with Gasteiger partial charge in [0.1, 0.15) is 5.82 Å². The average molecular weight is 301 g/mol. The molecule has 0 atom stereocenters. The number of fused-ring (bicyclic) bond motifs is 1. The van der Waals surface area contributed by atoms with E-state index in [9.17, 15) is 9.18 Å². The van der Waals surface area contributed by atoms with Crippen LogP contribution in [0.15, 0.2) is 42.5 Å². The van der Waals surface area contributed by atoms with Crippen LogP contribution in [0, 0.1) is 5.82 Å². The maximum atomic E-state index is 13.4. The van der Waals surface area contributed by atoms with E-state index in [-0.39, 0.29) is 25.1 Å². The standard InChI is InChI=1S/C17H16FNO3/c18-14-4-2-1-3-13(14)10-19-17(20)8-6-12-5-7-15-16(9-12)22-11-21-15/h1-5,7,9H,6,8,10-11H2,(H,19,20). The minimum absolute atomic E-state index is 0.110. The maximum Gasteiger partial charge on any atom is 0.231 e. The highest BCUT2D eigenvalue weighted by Gasteiger charge is 2.13. The van der Waals surface area contributed by atoms with E-state index in [4.69, 9.17) is 9.47 Å². The van der Waals surface area contributed by atoms with E-state index in [1.165, 1.54) is 6.07 Å². The van der Waals surface area contributed by atoms with E-state index in [0.29, 0.717) is 24.2 Å². The fraction of sp³-hybridized carbons (Fsp3) is 0.235. The summed E-state index contributed by atoms with van der Waals surface area (Å²) in [4.78, 5) is 11.8. The molecule has 0 spiro atoms. The molecule has 1 amide bonds. The van der Waals surface area contributed by atoms with Crippen LogP contribution in [0.4, 0.5) is 4.39 Å². The number of amides is 1. The summed E-state index contributed by atoms with van der Waals surface area (Å²) in [5, 5.41) is 2.73. The molecule has 0 bridgehead atoms. The fourth-order valence-corrected chi connectivity index (χ4v) is 2.28. The monoisotopic (exact) mass is 301 g/mol. The lowest BCUT2D eigenvalue weighted by Crippen LogP contribution is -2.23. The largest absolute Gasteiger partial charge is 0.454 e. The number of hydrogen-bond donors (Lipinski definition) is 1. The first kappa shape index (κ1) is 14.4. The number of hydrogen-bond acceptors (Lipinski definition) is 3. The van der Waals surface area contributed by atoms with Gasteiger partial charge < -0.3 is 14.8 Å². The number of carbonyl (C=O) groups excluding carboxylic acids is 1. The van der Waals surface area contributed by atoms with E-state index >= 15 is 0 Å². The summed E-state index contributed by atoms with van der Waals surface area (Å²) in [5.41, 5.74) is 1.49. The van der Waals surface area contributed by atoms with Crippen LogP contribution in [-0.2, 0) is 17.8 Å². The lowest BCUT2D eigenvalue weighted by atomic mass is 10.1.